The summed E-state index contributed by atoms with van der Waals surface area (Å²) in [6.07, 6.45) is 3.89. The summed E-state index contributed by atoms with van der Waals surface area (Å²) < 4.78 is 4.95. The Morgan fingerprint density at radius 2 is 1.92 bits per heavy atom. The lowest BCUT2D eigenvalue weighted by Gasteiger charge is -2.32. The second-order valence-electron chi connectivity index (χ2n) is 6.59. The van der Waals surface area contributed by atoms with Gasteiger partial charge in [-0.3, -0.25) is 4.79 Å². The number of methoxy groups -OCH3 is 1. The Morgan fingerprint density at radius 1 is 1.21 bits per heavy atom. The van der Waals surface area contributed by atoms with Crippen LogP contribution in [0.3, 0.4) is 0 Å². The third-order valence-electron chi connectivity index (χ3n) is 4.54. The fraction of sp³-hybridized carbons (Fsp3) is 0.632. The normalized spacial score (nSPS) is 15.3. The molecular weight excluding hydrogens is 302 g/mol. The van der Waals surface area contributed by atoms with Gasteiger partial charge in [-0.15, -0.1) is 0 Å². The number of rotatable bonds is 9. The number of benzene rings is 1. The first-order chi connectivity index (χ1) is 11.7. The SMILES string of the molecule is COCCCNC(=O)CCNc1ccc(N2CCC(C)CC2)cc1. The highest BCUT2D eigenvalue weighted by Gasteiger charge is 2.15. The first kappa shape index (κ1) is 18.6. The fourth-order valence-corrected chi connectivity index (χ4v) is 2.91. The van der Waals surface area contributed by atoms with Crippen LogP contribution in [0.25, 0.3) is 0 Å². The smallest absolute Gasteiger partial charge is 0.221 e. The molecule has 1 aromatic carbocycles. The Labute approximate surface area is 145 Å². The minimum absolute atomic E-state index is 0.0812. The topological polar surface area (TPSA) is 53.6 Å². The van der Waals surface area contributed by atoms with Crippen molar-refractivity contribution >= 4 is 17.3 Å². The lowest BCUT2D eigenvalue weighted by molar-refractivity contribution is -0.120. The van der Waals surface area contributed by atoms with E-state index in [0.717, 1.165) is 31.1 Å². The molecule has 1 fully saturated rings. The van der Waals surface area contributed by atoms with Crippen LogP contribution in [-0.2, 0) is 9.53 Å². The largest absolute Gasteiger partial charge is 0.385 e. The van der Waals surface area contributed by atoms with E-state index < -0.39 is 0 Å². The number of ether oxygens (including phenoxy) is 1. The number of amides is 1. The van der Waals surface area contributed by atoms with Crippen LogP contribution in [0.15, 0.2) is 24.3 Å². The average Bonchev–Trinajstić information content (AvgIpc) is 2.60. The van der Waals surface area contributed by atoms with Crippen LogP contribution in [0.2, 0.25) is 0 Å². The summed E-state index contributed by atoms with van der Waals surface area (Å²) in [5, 5.41) is 6.20. The van der Waals surface area contributed by atoms with Gasteiger partial charge in [-0.2, -0.15) is 0 Å². The number of nitrogens with zero attached hydrogens (tertiary/aromatic N) is 1. The molecule has 1 amide bonds. The van der Waals surface area contributed by atoms with Gasteiger partial charge in [0, 0.05) is 57.7 Å². The maximum Gasteiger partial charge on any atom is 0.221 e. The highest BCUT2D eigenvalue weighted by atomic mass is 16.5. The molecule has 5 nitrogen and oxygen atoms in total. The fourth-order valence-electron chi connectivity index (χ4n) is 2.91. The van der Waals surface area contributed by atoms with Crippen molar-refractivity contribution in [2.45, 2.75) is 32.6 Å². The van der Waals surface area contributed by atoms with Gasteiger partial charge in [0.15, 0.2) is 0 Å². The second kappa shape index (κ2) is 10.2. The van der Waals surface area contributed by atoms with Crippen molar-refractivity contribution in [3.8, 4) is 0 Å². The third-order valence-corrected chi connectivity index (χ3v) is 4.54. The molecule has 1 heterocycles. The summed E-state index contributed by atoms with van der Waals surface area (Å²) in [4.78, 5) is 14.1. The van der Waals surface area contributed by atoms with Crippen molar-refractivity contribution < 1.29 is 9.53 Å². The summed E-state index contributed by atoms with van der Waals surface area (Å²) in [6.45, 7) is 6.64. The van der Waals surface area contributed by atoms with Gasteiger partial charge in [0.25, 0.3) is 0 Å². The minimum atomic E-state index is 0.0812. The van der Waals surface area contributed by atoms with E-state index in [4.69, 9.17) is 4.74 Å². The molecule has 0 spiro atoms. The summed E-state index contributed by atoms with van der Waals surface area (Å²) in [5.41, 5.74) is 2.36. The molecule has 2 rings (SSSR count). The van der Waals surface area contributed by atoms with Crippen LogP contribution in [0.1, 0.15) is 32.6 Å². The number of nitrogens with one attached hydrogen (secondary N) is 2. The number of piperidine rings is 1. The van der Waals surface area contributed by atoms with Crippen molar-refractivity contribution in [2.24, 2.45) is 5.92 Å². The Bertz CT molecular complexity index is 482. The van der Waals surface area contributed by atoms with Gasteiger partial charge >= 0.3 is 0 Å². The molecule has 0 bridgehead atoms. The Balaban J connectivity index is 1.65. The van der Waals surface area contributed by atoms with Crippen LogP contribution in [0, 0.1) is 5.92 Å². The zero-order valence-electron chi connectivity index (χ0n) is 15.0. The zero-order valence-corrected chi connectivity index (χ0v) is 15.0. The van der Waals surface area contributed by atoms with E-state index in [0.29, 0.717) is 26.1 Å². The molecule has 0 saturated carbocycles. The van der Waals surface area contributed by atoms with Crippen LogP contribution >= 0.6 is 0 Å². The first-order valence-electron chi connectivity index (χ1n) is 9.03. The number of hydrogen-bond donors (Lipinski definition) is 2. The van der Waals surface area contributed by atoms with Crippen molar-refractivity contribution in [3.05, 3.63) is 24.3 Å². The maximum absolute atomic E-state index is 11.7. The zero-order chi connectivity index (χ0) is 17.2. The highest BCUT2D eigenvalue weighted by molar-refractivity contribution is 5.76. The van der Waals surface area contributed by atoms with E-state index in [1.807, 2.05) is 0 Å². The second-order valence-corrected chi connectivity index (χ2v) is 6.59. The minimum Gasteiger partial charge on any atom is -0.385 e. The lowest BCUT2D eigenvalue weighted by atomic mass is 9.99. The molecule has 1 aliphatic heterocycles. The molecule has 0 unspecified atom stereocenters. The summed E-state index contributed by atoms with van der Waals surface area (Å²) in [5.74, 6) is 0.931. The van der Waals surface area contributed by atoms with Crippen LogP contribution in [0.4, 0.5) is 11.4 Å². The summed E-state index contributed by atoms with van der Waals surface area (Å²) in [7, 11) is 1.67. The van der Waals surface area contributed by atoms with E-state index in [1.54, 1.807) is 7.11 Å². The van der Waals surface area contributed by atoms with Gasteiger partial charge in [-0.05, 0) is 49.4 Å². The summed E-state index contributed by atoms with van der Waals surface area (Å²) in [6, 6.07) is 8.54. The maximum atomic E-state index is 11.7. The Hall–Kier alpha value is -1.75. The molecule has 134 valence electrons. The number of anilines is 2. The van der Waals surface area contributed by atoms with E-state index in [9.17, 15) is 4.79 Å². The van der Waals surface area contributed by atoms with Crippen molar-refractivity contribution in [1.29, 1.82) is 0 Å². The average molecular weight is 333 g/mol. The lowest BCUT2D eigenvalue weighted by Crippen LogP contribution is -2.32. The van der Waals surface area contributed by atoms with E-state index in [2.05, 4.69) is 46.7 Å². The van der Waals surface area contributed by atoms with E-state index >= 15 is 0 Å². The van der Waals surface area contributed by atoms with Crippen molar-refractivity contribution in [3.63, 3.8) is 0 Å². The Kier molecular flexibility index (Phi) is 7.89. The van der Waals surface area contributed by atoms with Crippen molar-refractivity contribution in [1.82, 2.24) is 5.32 Å². The van der Waals surface area contributed by atoms with Crippen LogP contribution in [-0.4, -0.2) is 45.8 Å². The third kappa shape index (κ3) is 6.40. The highest BCUT2D eigenvalue weighted by Crippen LogP contribution is 2.24. The van der Waals surface area contributed by atoms with Crippen LogP contribution in [0.5, 0.6) is 0 Å². The number of hydrogen-bond acceptors (Lipinski definition) is 4. The molecule has 0 radical (unpaired) electrons. The quantitative estimate of drug-likeness (QED) is 0.682. The van der Waals surface area contributed by atoms with Crippen molar-refractivity contribution in [2.75, 3.05) is 50.1 Å². The number of carbonyl (C=O) groups excluding carboxylic acids is 1. The van der Waals surface area contributed by atoms with E-state index in [1.165, 1.54) is 18.5 Å². The summed E-state index contributed by atoms with van der Waals surface area (Å²) >= 11 is 0. The van der Waals surface area contributed by atoms with Gasteiger partial charge in [-0.1, -0.05) is 6.92 Å². The van der Waals surface area contributed by atoms with Gasteiger partial charge < -0.3 is 20.3 Å². The van der Waals surface area contributed by atoms with Gasteiger partial charge in [-0.25, -0.2) is 0 Å². The molecule has 5 heteroatoms. The van der Waals surface area contributed by atoms with Crippen LogP contribution < -0.4 is 15.5 Å². The van der Waals surface area contributed by atoms with Gasteiger partial charge in [0.05, 0.1) is 0 Å². The first-order valence-corrected chi connectivity index (χ1v) is 9.03. The predicted octanol–water partition coefficient (Wildman–Crippen LogP) is 2.88. The molecule has 0 aliphatic carbocycles. The standard InChI is InChI=1S/C19H31N3O2/c1-16-9-13-22(14-10-16)18-6-4-17(5-7-18)20-12-8-19(23)21-11-3-15-24-2/h4-7,16,20H,3,8-15H2,1-2H3,(H,21,23). The number of carbonyl (C=O) groups is 1. The van der Waals surface area contributed by atoms with E-state index in [-0.39, 0.29) is 5.91 Å². The van der Waals surface area contributed by atoms with Gasteiger partial charge in [0.1, 0.15) is 0 Å². The molecule has 0 aromatic heterocycles. The molecule has 1 aliphatic rings. The molecular formula is C19H31N3O2. The monoisotopic (exact) mass is 333 g/mol. The Morgan fingerprint density at radius 3 is 2.58 bits per heavy atom. The molecule has 24 heavy (non-hydrogen) atoms. The predicted molar refractivity (Wildman–Crippen MR) is 99.7 cm³/mol. The molecule has 1 saturated heterocycles. The molecule has 0 atom stereocenters. The molecule has 2 N–H and O–H groups in total. The molecule has 1 aromatic rings. The van der Waals surface area contributed by atoms with Gasteiger partial charge in [0.2, 0.25) is 5.91 Å².